The van der Waals surface area contributed by atoms with Crippen LogP contribution < -0.4 is 0 Å². The number of hydrogen-bond acceptors (Lipinski definition) is 5. The maximum Gasteiger partial charge on any atom is 0.271 e. The molecule has 6 heteroatoms. The van der Waals surface area contributed by atoms with Crippen molar-refractivity contribution >= 4 is 17.6 Å². The molecule has 102 valence electrons. The fraction of sp³-hybridized carbons (Fsp3) is 0.0714. The van der Waals surface area contributed by atoms with Crippen molar-refractivity contribution in [2.75, 3.05) is 0 Å². The minimum absolute atomic E-state index is 0.0529. The highest BCUT2D eigenvalue weighted by atomic mass is 16.6. The molecule has 0 saturated carbocycles. The number of phenolic OH excluding ortho intramolecular Hbond substituents is 2. The zero-order chi connectivity index (χ0) is 14.7. The molecule has 0 amide bonds. The number of benzene rings is 2. The summed E-state index contributed by atoms with van der Waals surface area (Å²) in [5.74, 6) is -0.524. The number of para-hydroxylation sites is 1. The Morgan fingerprint density at radius 2 is 2.00 bits per heavy atom. The predicted octanol–water partition coefficient (Wildman–Crippen LogP) is 3.07. The number of nitrogens with zero attached hydrogens (tertiary/aromatic N) is 2. The fourth-order valence-electron chi connectivity index (χ4n) is 1.64. The van der Waals surface area contributed by atoms with Gasteiger partial charge in [-0.15, -0.1) is 0 Å². The molecule has 2 rings (SSSR count). The molecule has 0 aliphatic heterocycles. The van der Waals surface area contributed by atoms with E-state index in [9.17, 15) is 20.3 Å². The van der Waals surface area contributed by atoms with Gasteiger partial charge in [0.25, 0.3) is 5.69 Å². The number of aliphatic imine (C=N–C) groups is 1. The van der Waals surface area contributed by atoms with Gasteiger partial charge in [-0.3, -0.25) is 15.1 Å². The summed E-state index contributed by atoms with van der Waals surface area (Å²) >= 11 is 0. The van der Waals surface area contributed by atoms with E-state index in [0.29, 0.717) is 11.3 Å². The van der Waals surface area contributed by atoms with E-state index in [1.54, 1.807) is 25.1 Å². The van der Waals surface area contributed by atoms with Crippen molar-refractivity contribution in [3.05, 3.63) is 57.6 Å². The number of aromatic hydroxyl groups is 2. The molecule has 0 aromatic heterocycles. The van der Waals surface area contributed by atoms with Gasteiger partial charge in [-0.05, 0) is 24.6 Å². The molecule has 6 nitrogen and oxygen atoms in total. The number of hydrogen-bond donors (Lipinski definition) is 2. The SMILES string of the molecule is Cc1ccc([N+](=O)[O-])cc1N=Cc1cccc(O)c1O. The first-order valence-corrected chi connectivity index (χ1v) is 5.79. The number of phenols is 2. The highest BCUT2D eigenvalue weighted by Crippen LogP contribution is 2.28. The van der Waals surface area contributed by atoms with Crippen LogP contribution in [-0.4, -0.2) is 21.4 Å². The molecule has 0 radical (unpaired) electrons. The Morgan fingerprint density at radius 3 is 2.70 bits per heavy atom. The van der Waals surface area contributed by atoms with E-state index < -0.39 is 4.92 Å². The number of nitro groups is 1. The highest BCUT2D eigenvalue weighted by Gasteiger charge is 2.08. The monoisotopic (exact) mass is 272 g/mol. The molecule has 2 aromatic carbocycles. The Kier molecular flexibility index (Phi) is 3.65. The fourth-order valence-corrected chi connectivity index (χ4v) is 1.64. The zero-order valence-corrected chi connectivity index (χ0v) is 10.6. The Hall–Kier alpha value is -2.89. The smallest absolute Gasteiger partial charge is 0.271 e. The topological polar surface area (TPSA) is 96.0 Å². The lowest BCUT2D eigenvalue weighted by Gasteiger charge is -2.02. The van der Waals surface area contributed by atoms with Gasteiger partial charge < -0.3 is 10.2 Å². The van der Waals surface area contributed by atoms with Gasteiger partial charge in [-0.1, -0.05) is 12.1 Å². The molecule has 0 aliphatic carbocycles. The van der Waals surface area contributed by atoms with Gasteiger partial charge >= 0.3 is 0 Å². The summed E-state index contributed by atoms with van der Waals surface area (Å²) in [6.07, 6.45) is 1.35. The van der Waals surface area contributed by atoms with Gasteiger partial charge in [0.05, 0.1) is 10.6 Å². The van der Waals surface area contributed by atoms with E-state index in [4.69, 9.17) is 0 Å². The second kappa shape index (κ2) is 5.40. The van der Waals surface area contributed by atoms with E-state index in [-0.39, 0.29) is 17.2 Å². The predicted molar refractivity (Wildman–Crippen MR) is 74.9 cm³/mol. The molecule has 0 spiro atoms. The van der Waals surface area contributed by atoms with Crippen molar-refractivity contribution in [3.63, 3.8) is 0 Å². The quantitative estimate of drug-likeness (QED) is 0.388. The first-order valence-electron chi connectivity index (χ1n) is 5.79. The van der Waals surface area contributed by atoms with Gasteiger partial charge in [0, 0.05) is 23.9 Å². The number of aryl methyl sites for hydroxylation is 1. The third-order valence-corrected chi connectivity index (χ3v) is 2.79. The molecule has 0 atom stereocenters. The third-order valence-electron chi connectivity index (χ3n) is 2.79. The van der Waals surface area contributed by atoms with Crippen molar-refractivity contribution in [2.45, 2.75) is 6.92 Å². The third kappa shape index (κ3) is 2.74. The van der Waals surface area contributed by atoms with Crippen LogP contribution in [0.2, 0.25) is 0 Å². The molecule has 0 heterocycles. The van der Waals surface area contributed by atoms with E-state index in [2.05, 4.69) is 4.99 Å². The largest absolute Gasteiger partial charge is 0.504 e. The maximum atomic E-state index is 10.7. The minimum atomic E-state index is -0.496. The Labute approximate surface area is 114 Å². The number of rotatable bonds is 3. The van der Waals surface area contributed by atoms with Crippen molar-refractivity contribution < 1.29 is 15.1 Å². The van der Waals surface area contributed by atoms with Crippen LogP contribution in [0.3, 0.4) is 0 Å². The average molecular weight is 272 g/mol. The Balaban J connectivity index is 2.38. The van der Waals surface area contributed by atoms with Crippen molar-refractivity contribution in [2.24, 2.45) is 4.99 Å². The molecule has 0 saturated heterocycles. The molecule has 0 aliphatic rings. The minimum Gasteiger partial charge on any atom is -0.504 e. The summed E-state index contributed by atoms with van der Waals surface area (Å²) in [5.41, 5.74) is 1.48. The lowest BCUT2D eigenvalue weighted by Crippen LogP contribution is -1.88. The molecular weight excluding hydrogens is 260 g/mol. The summed E-state index contributed by atoms with van der Waals surface area (Å²) in [5, 5.41) is 29.7. The van der Waals surface area contributed by atoms with Crippen molar-refractivity contribution in [1.82, 2.24) is 0 Å². The average Bonchev–Trinajstić information content (AvgIpc) is 2.41. The number of non-ortho nitro benzene ring substituents is 1. The molecular formula is C14H12N2O4. The summed E-state index contributed by atoms with van der Waals surface area (Å²) < 4.78 is 0. The first kappa shape index (κ1) is 13.5. The van der Waals surface area contributed by atoms with Gasteiger partial charge in [0.1, 0.15) is 0 Å². The van der Waals surface area contributed by atoms with E-state index in [1.165, 1.54) is 24.4 Å². The summed E-state index contributed by atoms with van der Waals surface area (Å²) in [4.78, 5) is 14.3. The standard InChI is InChI=1S/C14H12N2O4/c1-9-5-6-11(16(19)20)7-12(9)15-8-10-3-2-4-13(17)14(10)18/h2-8,17-18H,1H3. The Bertz CT molecular complexity index is 696. The van der Waals surface area contributed by atoms with Crippen LogP contribution in [0, 0.1) is 17.0 Å². The van der Waals surface area contributed by atoms with Crippen LogP contribution >= 0.6 is 0 Å². The van der Waals surface area contributed by atoms with Gasteiger partial charge in [0.2, 0.25) is 0 Å². The van der Waals surface area contributed by atoms with Gasteiger partial charge in [-0.2, -0.15) is 0 Å². The summed E-state index contributed by atoms with van der Waals surface area (Å²) in [6, 6.07) is 8.85. The van der Waals surface area contributed by atoms with E-state index >= 15 is 0 Å². The van der Waals surface area contributed by atoms with Crippen LogP contribution in [0.25, 0.3) is 0 Å². The molecule has 0 fully saturated rings. The van der Waals surface area contributed by atoms with E-state index in [1.807, 2.05) is 0 Å². The van der Waals surface area contributed by atoms with Crippen LogP contribution in [0.5, 0.6) is 11.5 Å². The van der Waals surface area contributed by atoms with Crippen molar-refractivity contribution in [3.8, 4) is 11.5 Å². The summed E-state index contributed by atoms with van der Waals surface area (Å²) in [7, 11) is 0. The highest BCUT2D eigenvalue weighted by molar-refractivity contribution is 5.86. The summed E-state index contributed by atoms with van der Waals surface area (Å²) in [6.45, 7) is 1.78. The first-order chi connectivity index (χ1) is 9.49. The molecule has 2 aromatic rings. The van der Waals surface area contributed by atoms with Crippen LogP contribution in [0.1, 0.15) is 11.1 Å². The Morgan fingerprint density at radius 1 is 1.25 bits per heavy atom. The van der Waals surface area contributed by atoms with E-state index in [0.717, 1.165) is 5.56 Å². The zero-order valence-electron chi connectivity index (χ0n) is 10.6. The lowest BCUT2D eigenvalue weighted by molar-refractivity contribution is -0.384. The van der Waals surface area contributed by atoms with Gasteiger partial charge in [-0.25, -0.2) is 0 Å². The second-order valence-electron chi connectivity index (χ2n) is 4.20. The van der Waals surface area contributed by atoms with Crippen LogP contribution in [-0.2, 0) is 0 Å². The molecule has 20 heavy (non-hydrogen) atoms. The van der Waals surface area contributed by atoms with Gasteiger partial charge in [0.15, 0.2) is 11.5 Å². The molecule has 0 bridgehead atoms. The van der Waals surface area contributed by atoms with Crippen LogP contribution in [0.4, 0.5) is 11.4 Å². The lowest BCUT2D eigenvalue weighted by atomic mass is 10.1. The molecule has 0 unspecified atom stereocenters. The normalized spacial score (nSPS) is 10.8. The molecule has 2 N–H and O–H groups in total. The van der Waals surface area contributed by atoms with Crippen LogP contribution in [0.15, 0.2) is 41.4 Å². The second-order valence-corrected chi connectivity index (χ2v) is 4.20. The maximum absolute atomic E-state index is 10.7. The number of nitro benzene ring substituents is 1. The van der Waals surface area contributed by atoms with Crippen molar-refractivity contribution in [1.29, 1.82) is 0 Å².